The van der Waals surface area contributed by atoms with E-state index >= 15 is 0 Å². The van der Waals surface area contributed by atoms with Crippen LogP contribution in [0.25, 0.3) is 0 Å². The lowest BCUT2D eigenvalue weighted by Gasteiger charge is -2.29. The van der Waals surface area contributed by atoms with Crippen molar-refractivity contribution in [3.63, 3.8) is 0 Å². The highest BCUT2D eigenvalue weighted by molar-refractivity contribution is 5.98. The monoisotopic (exact) mass is 450 g/mol. The van der Waals surface area contributed by atoms with Crippen LogP contribution in [0.5, 0.6) is 0 Å². The fourth-order valence-electron chi connectivity index (χ4n) is 2.93. The number of carbonyl (C=O) groups excluding carboxylic acids is 3. The Morgan fingerprint density at radius 3 is 1.97 bits per heavy atom. The maximum Gasteiger partial charge on any atom is 0.328 e. The van der Waals surface area contributed by atoms with Gasteiger partial charge in [0, 0.05) is 37.0 Å². The summed E-state index contributed by atoms with van der Waals surface area (Å²) in [5.74, 6) is -3.21. The second-order valence-electron chi connectivity index (χ2n) is 7.27. The standard InChI is InChI=1S/C21H30N4O7/c1-14(8-10-18(27)28)22-12-4-2-6-15-20(31)25-16(21(32)24-15)7-3-5-13-23-17(26)9-11-19(29)30/h8-11,15-16H,2-7,12-13H2,1H3,(H,23,26)(H,24,32)(H,25,31)(H,27,28)(H,29,30)/b10-8+,11-9?,22-14?. The van der Waals surface area contributed by atoms with Gasteiger partial charge in [0.15, 0.2) is 0 Å². The Kier molecular flexibility index (Phi) is 12.0. The molecule has 1 heterocycles. The normalized spacial score (nSPS) is 19.1. The third-order valence-corrected chi connectivity index (χ3v) is 4.59. The summed E-state index contributed by atoms with van der Waals surface area (Å²) < 4.78 is 0. The Hall–Kier alpha value is -3.50. The number of carboxylic acids is 2. The largest absolute Gasteiger partial charge is 0.478 e. The summed E-state index contributed by atoms with van der Waals surface area (Å²) in [6.07, 6.45) is 7.60. The third kappa shape index (κ3) is 11.6. The van der Waals surface area contributed by atoms with Gasteiger partial charge in [0.25, 0.3) is 0 Å². The van der Waals surface area contributed by atoms with Crippen molar-refractivity contribution in [3.05, 3.63) is 24.3 Å². The van der Waals surface area contributed by atoms with Gasteiger partial charge in [0.2, 0.25) is 17.7 Å². The Balaban J connectivity index is 2.23. The number of aliphatic carboxylic acids is 2. The molecule has 0 bridgehead atoms. The van der Waals surface area contributed by atoms with Crippen molar-refractivity contribution in [3.8, 4) is 0 Å². The van der Waals surface area contributed by atoms with E-state index < -0.39 is 29.9 Å². The number of amides is 3. The molecule has 32 heavy (non-hydrogen) atoms. The predicted octanol–water partition coefficient (Wildman–Crippen LogP) is 0.169. The van der Waals surface area contributed by atoms with Crippen LogP contribution in [0.2, 0.25) is 0 Å². The Morgan fingerprint density at radius 2 is 1.41 bits per heavy atom. The van der Waals surface area contributed by atoms with E-state index in [9.17, 15) is 24.0 Å². The molecule has 0 aromatic rings. The first-order valence-corrected chi connectivity index (χ1v) is 10.4. The van der Waals surface area contributed by atoms with E-state index in [0.29, 0.717) is 57.3 Å². The molecule has 0 saturated carbocycles. The van der Waals surface area contributed by atoms with Crippen molar-refractivity contribution in [2.75, 3.05) is 13.1 Å². The minimum absolute atomic E-state index is 0.231. The maximum atomic E-state index is 12.2. The molecule has 0 aromatic carbocycles. The molecule has 1 fully saturated rings. The minimum atomic E-state index is -1.20. The highest BCUT2D eigenvalue weighted by atomic mass is 16.4. The molecule has 2 atom stereocenters. The predicted molar refractivity (Wildman–Crippen MR) is 116 cm³/mol. The van der Waals surface area contributed by atoms with Gasteiger partial charge in [0.1, 0.15) is 12.1 Å². The van der Waals surface area contributed by atoms with E-state index in [4.69, 9.17) is 10.2 Å². The van der Waals surface area contributed by atoms with E-state index in [2.05, 4.69) is 20.9 Å². The van der Waals surface area contributed by atoms with Crippen LogP contribution in [0.1, 0.15) is 45.4 Å². The molecule has 2 unspecified atom stereocenters. The van der Waals surface area contributed by atoms with Crippen LogP contribution in [0.15, 0.2) is 29.3 Å². The van der Waals surface area contributed by atoms with E-state index in [1.54, 1.807) is 6.92 Å². The van der Waals surface area contributed by atoms with Crippen LogP contribution in [-0.2, 0) is 24.0 Å². The van der Waals surface area contributed by atoms with Gasteiger partial charge in [-0.25, -0.2) is 9.59 Å². The molecule has 1 saturated heterocycles. The van der Waals surface area contributed by atoms with Gasteiger partial charge < -0.3 is 26.2 Å². The van der Waals surface area contributed by atoms with Gasteiger partial charge in [-0.15, -0.1) is 0 Å². The van der Waals surface area contributed by atoms with Crippen molar-refractivity contribution in [1.29, 1.82) is 0 Å². The van der Waals surface area contributed by atoms with E-state index in [-0.39, 0.29) is 11.8 Å². The van der Waals surface area contributed by atoms with E-state index in [0.717, 1.165) is 18.2 Å². The van der Waals surface area contributed by atoms with Crippen molar-refractivity contribution < 1.29 is 34.2 Å². The number of carboxylic acid groups (broad SMARTS) is 2. The molecule has 3 amide bonds. The van der Waals surface area contributed by atoms with Crippen LogP contribution in [0, 0.1) is 0 Å². The molecular formula is C21H30N4O7. The second kappa shape index (κ2) is 14.5. The zero-order valence-electron chi connectivity index (χ0n) is 18.0. The van der Waals surface area contributed by atoms with Gasteiger partial charge in [0.05, 0.1) is 0 Å². The van der Waals surface area contributed by atoms with Crippen molar-refractivity contribution >= 4 is 35.4 Å². The third-order valence-electron chi connectivity index (χ3n) is 4.59. The highest BCUT2D eigenvalue weighted by Gasteiger charge is 2.32. The van der Waals surface area contributed by atoms with Gasteiger partial charge in [-0.3, -0.25) is 19.4 Å². The number of piperazine rings is 1. The topological polar surface area (TPSA) is 174 Å². The molecule has 0 aromatic heterocycles. The highest BCUT2D eigenvalue weighted by Crippen LogP contribution is 2.10. The van der Waals surface area contributed by atoms with Crippen LogP contribution >= 0.6 is 0 Å². The number of rotatable bonds is 14. The number of nitrogens with zero attached hydrogens (tertiary/aromatic N) is 1. The lowest BCUT2D eigenvalue weighted by Crippen LogP contribution is -2.61. The molecule has 1 aliphatic heterocycles. The number of allylic oxidation sites excluding steroid dienone is 1. The Morgan fingerprint density at radius 1 is 0.875 bits per heavy atom. The number of unbranched alkanes of at least 4 members (excludes halogenated alkanes) is 2. The number of nitrogens with one attached hydrogen (secondary N) is 3. The Bertz CT molecular complexity index is 789. The van der Waals surface area contributed by atoms with Crippen molar-refractivity contribution in [2.24, 2.45) is 4.99 Å². The summed E-state index contributed by atoms with van der Waals surface area (Å²) in [7, 11) is 0. The van der Waals surface area contributed by atoms with E-state index in [1.165, 1.54) is 6.08 Å². The smallest absolute Gasteiger partial charge is 0.328 e. The van der Waals surface area contributed by atoms with Crippen LogP contribution in [-0.4, -0.2) is 70.8 Å². The quantitative estimate of drug-likeness (QED) is 0.142. The number of hydrogen-bond acceptors (Lipinski definition) is 6. The average Bonchev–Trinajstić information content (AvgIpc) is 2.73. The molecule has 0 radical (unpaired) electrons. The van der Waals surface area contributed by atoms with Gasteiger partial charge in [-0.05, 0) is 51.5 Å². The van der Waals surface area contributed by atoms with Gasteiger partial charge in [-0.2, -0.15) is 0 Å². The van der Waals surface area contributed by atoms with Crippen molar-refractivity contribution in [1.82, 2.24) is 16.0 Å². The van der Waals surface area contributed by atoms with Gasteiger partial charge in [-0.1, -0.05) is 0 Å². The first kappa shape index (κ1) is 26.5. The molecule has 11 heteroatoms. The second-order valence-corrected chi connectivity index (χ2v) is 7.27. The first-order chi connectivity index (χ1) is 15.2. The molecule has 1 rings (SSSR count). The molecule has 5 N–H and O–H groups in total. The lowest BCUT2D eigenvalue weighted by atomic mass is 10.0. The molecule has 1 aliphatic rings. The molecular weight excluding hydrogens is 420 g/mol. The lowest BCUT2D eigenvalue weighted by molar-refractivity contribution is -0.137. The minimum Gasteiger partial charge on any atom is -0.478 e. The fourth-order valence-corrected chi connectivity index (χ4v) is 2.93. The summed E-state index contributed by atoms with van der Waals surface area (Å²) >= 11 is 0. The summed E-state index contributed by atoms with van der Waals surface area (Å²) in [5.41, 5.74) is 0.607. The first-order valence-electron chi connectivity index (χ1n) is 10.4. The van der Waals surface area contributed by atoms with E-state index in [1.807, 2.05) is 0 Å². The SMILES string of the molecule is CC(/C=C/C(=O)O)=NCCCCC1NC(=O)C(CCCCNC(=O)C=CC(=O)O)NC1=O. The van der Waals surface area contributed by atoms with Crippen molar-refractivity contribution in [2.45, 2.75) is 57.5 Å². The zero-order valence-corrected chi connectivity index (χ0v) is 18.0. The summed E-state index contributed by atoms with van der Waals surface area (Å²) in [6, 6.07) is -1.20. The summed E-state index contributed by atoms with van der Waals surface area (Å²) in [6.45, 7) is 2.55. The van der Waals surface area contributed by atoms with Crippen LogP contribution in [0.3, 0.4) is 0 Å². The van der Waals surface area contributed by atoms with Gasteiger partial charge >= 0.3 is 11.9 Å². The molecule has 0 spiro atoms. The fraction of sp³-hybridized carbons (Fsp3) is 0.524. The molecule has 176 valence electrons. The summed E-state index contributed by atoms with van der Waals surface area (Å²) in [4.78, 5) is 60.8. The number of hydrogen-bond donors (Lipinski definition) is 5. The maximum absolute atomic E-state index is 12.2. The Labute approximate surface area is 186 Å². The number of aliphatic imine (C=N–C) groups is 1. The van der Waals surface area contributed by atoms with Crippen LogP contribution in [0.4, 0.5) is 0 Å². The summed E-state index contributed by atoms with van der Waals surface area (Å²) in [5, 5.41) is 25.0. The number of carbonyl (C=O) groups is 5. The molecule has 0 aliphatic carbocycles. The molecule has 11 nitrogen and oxygen atoms in total. The zero-order chi connectivity index (χ0) is 23.9. The average molecular weight is 450 g/mol. The van der Waals surface area contributed by atoms with Crippen LogP contribution < -0.4 is 16.0 Å².